The molecule has 1 fully saturated rings. The molecular formula is C32H29F6N3O. The van der Waals surface area contributed by atoms with Crippen molar-refractivity contribution in [3.05, 3.63) is 94.6 Å². The highest BCUT2D eigenvalue weighted by Crippen LogP contribution is 2.59. The number of hydrogen-bond donors (Lipinski definition) is 1. The maximum Gasteiger partial charge on any atom is 0.392 e. The summed E-state index contributed by atoms with van der Waals surface area (Å²) in [6.45, 7) is 2.73. The van der Waals surface area contributed by atoms with Crippen molar-refractivity contribution >= 4 is 17.7 Å². The Kier molecular flexibility index (Phi) is 6.66. The van der Waals surface area contributed by atoms with Gasteiger partial charge < -0.3 is 5.32 Å². The number of hydrogen-bond acceptors (Lipinski definition) is 2. The fourth-order valence-electron chi connectivity index (χ4n) is 7.03. The quantitative estimate of drug-likeness (QED) is 0.248. The molecular weight excluding hydrogens is 556 g/mol. The van der Waals surface area contributed by atoms with Gasteiger partial charge in [0.1, 0.15) is 5.82 Å². The van der Waals surface area contributed by atoms with E-state index in [9.17, 15) is 31.1 Å². The van der Waals surface area contributed by atoms with E-state index in [4.69, 9.17) is 0 Å². The molecule has 1 saturated carbocycles. The first kappa shape index (κ1) is 28.3. The number of allylic oxidation sites excluding steroid dienone is 3. The molecule has 3 aromatic rings. The number of nitrogens with zero attached hydrogens (tertiary/aromatic N) is 2. The first-order valence-electron chi connectivity index (χ1n) is 13.9. The number of carbonyl (C=O) groups is 1. The second kappa shape index (κ2) is 9.88. The highest BCUT2D eigenvalue weighted by Gasteiger charge is 2.56. The molecule has 4 atom stereocenters. The number of anilines is 1. The van der Waals surface area contributed by atoms with Gasteiger partial charge in [0, 0.05) is 23.6 Å². The largest absolute Gasteiger partial charge is 0.392 e. The second-order valence-corrected chi connectivity index (χ2v) is 11.8. The van der Waals surface area contributed by atoms with E-state index >= 15 is 0 Å². The van der Waals surface area contributed by atoms with Gasteiger partial charge in [-0.25, -0.2) is 17.9 Å². The summed E-state index contributed by atoms with van der Waals surface area (Å²) in [5.74, 6) is -8.31. The number of rotatable bonds is 4. The lowest BCUT2D eigenvalue weighted by Crippen LogP contribution is -2.49. The Morgan fingerprint density at radius 3 is 2.52 bits per heavy atom. The van der Waals surface area contributed by atoms with Crippen LogP contribution in [0.2, 0.25) is 0 Å². The number of fused-ring (bicyclic) bond motifs is 4. The maximum absolute atomic E-state index is 14.3. The third-order valence-electron chi connectivity index (χ3n) is 9.10. The minimum atomic E-state index is -4.62. The Morgan fingerprint density at radius 1 is 1.10 bits per heavy atom. The molecule has 0 bridgehead atoms. The SMILES string of the molecule is CC(F)(F)c1cccc(NC(=O)[C@@H]2C3CCC4=Cc5c(cnn5-c5ccc(F)cc5)C[C@]4(C)C3=CC[C@H]2C(F)(F)F)c1. The number of carbonyl (C=O) groups excluding carboxylic acids is 1. The average molecular weight is 586 g/mol. The molecule has 1 unspecified atom stereocenters. The zero-order valence-electron chi connectivity index (χ0n) is 23.0. The van der Waals surface area contributed by atoms with Crippen LogP contribution < -0.4 is 5.32 Å². The summed E-state index contributed by atoms with van der Waals surface area (Å²) in [5, 5.41) is 7.04. The zero-order chi connectivity index (χ0) is 30.0. The van der Waals surface area contributed by atoms with Crippen LogP contribution in [0.15, 0.2) is 72.0 Å². The fraction of sp³-hybridized carbons (Fsp3) is 0.375. The van der Waals surface area contributed by atoms with Gasteiger partial charge in [-0.3, -0.25) is 4.79 Å². The molecule has 6 rings (SSSR count). The lowest BCUT2D eigenvalue weighted by atomic mass is 9.54. The molecule has 10 heteroatoms. The van der Waals surface area contributed by atoms with Crippen molar-refractivity contribution < 1.29 is 31.1 Å². The van der Waals surface area contributed by atoms with Gasteiger partial charge in [0.2, 0.25) is 5.91 Å². The Morgan fingerprint density at radius 2 is 1.83 bits per heavy atom. The normalized spacial score (nSPS) is 25.5. The zero-order valence-corrected chi connectivity index (χ0v) is 23.0. The average Bonchev–Trinajstić information content (AvgIpc) is 3.32. The molecule has 1 aromatic heterocycles. The van der Waals surface area contributed by atoms with Gasteiger partial charge in [-0.1, -0.05) is 36.3 Å². The van der Waals surface area contributed by atoms with E-state index in [0.717, 1.165) is 35.4 Å². The van der Waals surface area contributed by atoms with Crippen LogP contribution in [0.3, 0.4) is 0 Å². The number of alkyl halides is 5. The Labute approximate surface area is 239 Å². The third-order valence-corrected chi connectivity index (χ3v) is 9.10. The first-order valence-corrected chi connectivity index (χ1v) is 13.9. The molecule has 1 heterocycles. The van der Waals surface area contributed by atoms with Crippen LogP contribution in [0.1, 0.15) is 49.9 Å². The van der Waals surface area contributed by atoms with Crippen molar-refractivity contribution in [2.24, 2.45) is 23.2 Å². The number of benzene rings is 2. The van der Waals surface area contributed by atoms with Crippen molar-refractivity contribution in [3.63, 3.8) is 0 Å². The summed E-state index contributed by atoms with van der Waals surface area (Å²) in [7, 11) is 0. The smallest absolute Gasteiger partial charge is 0.326 e. The topological polar surface area (TPSA) is 46.9 Å². The molecule has 1 amide bonds. The van der Waals surface area contributed by atoms with Crippen LogP contribution in [-0.2, 0) is 17.1 Å². The van der Waals surface area contributed by atoms with Crippen molar-refractivity contribution in [2.45, 2.75) is 51.6 Å². The summed E-state index contributed by atoms with van der Waals surface area (Å²) >= 11 is 0. The van der Waals surface area contributed by atoms with Gasteiger partial charge in [0.25, 0.3) is 5.92 Å². The molecule has 0 spiro atoms. The third kappa shape index (κ3) is 4.84. The summed E-state index contributed by atoms with van der Waals surface area (Å²) in [5.41, 5.74) is 3.38. The minimum Gasteiger partial charge on any atom is -0.326 e. The summed E-state index contributed by atoms with van der Waals surface area (Å²) in [6.07, 6.45) is 1.77. The molecule has 1 N–H and O–H groups in total. The van der Waals surface area contributed by atoms with E-state index in [2.05, 4.69) is 10.4 Å². The number of amides is 1. The van der Waals surface area contributed by atoms with Gasteiger partial charge >= 0.3 is 6.18 Å². The van der Waals surface area contributed by atoms with Gasteiger partial charge in [-0.05, 0) is 79.6 Å². The predicted molar refractivity (Wildman–Crippen MR) is 146 cm³/mol. The number of nitrogens with one attached hydrogen (secondary N) is 1. The number of aromatic nitrogens is 2. The highest BCUT2D eigenvalue weighted by atomic mass is 19.4. The molecule has 4 nitrogen and oxygen atoms in total. The Bertz CT molecular complexity index is 1600. The first-order chi connectivity index (χ1) is 19.8. The number of halogens is 6. The standard InChI is InChI=1S/C32H29F6N3O/c1-30-16-18-17-39-41(23-9-7-21(33)8-10-23)27(18)15-19(30)6-11-24-25(30)12-13-26(32(36,37)38)28(24)29(42)40-22-5-3-4-20(14-22)31(2,34)35/h3-5,7-10,12,14-15,17,24,26,28H,6,11,13,16H2,1-2H3,(H,40,42)/t24?,26-,28-,30+/m1/s1. The van der Waals surface area contributed by atoms with E-state index < -0.39 is 41.2 Å². The van der Waals surface area contributed by atoms with Crippen molar-refractivity contribution in [2.75, 3.05) is 5.32 Å². The van der Waals surface area contributed by atoms with Crippen molar-refractivity contribution in [1.29, 1.82) is 0 Å². The summed E-state index contributed by atoms with van der Waals surface area (Å²) in [6, 6.07) is 11.0. The molecule has 3 aliphatic carbocycles. The summed E-state index contributed by atoms with van der Waals surface area (Å²) in [4.78, 5) is 13.6. The van der Waals surface area contributed by atoms with Crippen molar-refractivity contribution in [3.8, 4) is 5.69 Å². The van der Waals surface area contributed by atoms with E-state index in [0.29, 0.717) is 24.9 Å². The Balaban J connectivity index is 1.34. The molecule has 2 aromatic carbocycles. The highest BCUT2D eigenvalue weighted by molar-refractivity contribution is 5.93. The van der Waals surface area contributed by atoms with Gasteiger partial charge in [0.15, 0.2) is 0 Å². The molecule has 42 heavy (non-hydrogen) atoms. The van der Waals surface area contributed by atoms with Crippen LogP contribution in [-0.4, -0.2) is 21.9 Å². The van der Waals surface area contributed by atoms with E-state index in [1.165, 1.54) is 30.3 Å². The molecule has 0 saturated heterocycles. The van der Waals surface area contributed by atoms with Gasteiger partial charge in [-0.2, -0.15) is 18.3 Å². The predicted octanol–water partition coefficient (Wildman–Crippen LogP) is 8.24. The van der Waals surface area contributed by atoms with E-state index in [1.807, 2.05) is 13.0 Å². The lowest BCUT2D eigenvalue weighted by molar-refractivity contribution is -0.196. The minimum absolute atomic E-state index is 0.0363. The molecule has 3 aliphatic rings. The monoisotopic (exact) mass is 585 g/mol. The van der Waals surface area contributed by atoms with Crippen LogP contribution in [0, 0.1) is 29.0 Å². The van der Waals surface area contributed by atoms with Crippen LogP contribution >= 0.6 is 0 Å². The molecule has 0 radical (unpaired) electrons. The van der Waals surface area contributed by atoms with Gasteiger partial charge in [-0.15, -0.1) is 0 Å². The van der Waals surface area contributed by atoms with E-state index in [1.54, 1.807) is 29.1 Å². The lowest BCUT2D eigenvalue weighted by Gasteiger charge is -2.50. The van der Waals surface area contributed by atoms with Crippen LogP contribution in [0.4, 0.5) is 32.0 Å². The molecule has 220 valence electrons. The second-order valence-electron chi connectivity index (χ2n) is 11.8. The van der Waals surface area contributed by atoms with Crippen LogP contribution in [0.25, 0.3) is 11.8 Å². The molecule has 0 aliphatic heterocycles. The van der Waals surface area contributed by atoms with Crippen LogP contribution in [0.5, 0.6) is 0 Å². The van der Waals surface area contributed by atoms with Crippen molar-refractivity contribution in [1.82, 2.24) is 9.78 Å². The van der Waals surface area contributed by atoms with Gasteiger partial charge in [0.05, 0.1) is 29.4 Å². The fourth-order valence-corrected chi connectivity index (χ4v) is 7.03. The summed E-state index contributed by atoms with van der Waals surface area (Å²) < 4.78 is 86.0. The maximum atomic E-state index is 14.3. The van der Waals surface area contributed by atoms with E-state index in [-0.39, 0.29) is 23.5 Å². The Hall–Kier alpha value is -3.82.